The third-order valence-electron chi connectivity index (χ3n) is 13.0. The van der Waals surface area contributed by atoms with Gasteiger partial charge in [0.2, 0.25) is 11.8 Å². The Balaban J connectivity index is 0.745. The van der Waals surface area contributed by atoms with Crippen LogP contribution in [-0.4, -0.2) is 125 Å². The molecule has 5 saturated heterocycles. The average Bonchev–Trinajstić information content (AvgIpc) is 3.67. The number of rotatable bonds is 7. The lowest BCUT2D eigenvalue weighted by Crippen LogP contribution is -2.54. The lowest BCUT2D eigenvalue weighted by atomic mass is 9.98. The number of fused-ring (bicyclic) bond motifs is 3. The Morgan fingerprint density at radius 3 is 2.03 bits per heavy atom. The summed E-state index contributed by atoms with van der Waals surface area (Å²) in [6, 6.07) is 19.0. The molecule has 0 spiro atoms. The molecular formula is C44H44ClN7O7. The number of piperidine rings is 3. The zero-order valence-electron chi connectivity index (χ0n) is 32.5. The Kier molecular flexibility index (Phi) is 10.3. The number of carbonyl (C=O) groups excluding carboxylic acids is 6. The molecule has 304 valence electrons. The molecule has 14 nitrogen and oxygen atoms in total. The van der Waals surface area contributed by atoms with Crippen LogP contribution in [-0.2, 0) is 9.59 Å². The molecule has 0 saturated carbocycles. The van der Waals surface area contributed by atoms with Gasteiger partial charge in [0.05, 0.1) is 21.7 Å². The summed E-state index contributed by atoms with van der Waals surface area (Å²) in [6.07, 6.45) is 5.24. The highest BCUT2D eigenvalue weighted by Crippen LogP contribution is 2.39. The van der Waals surface area contributed by atoms with E-state index in [9.17, 15) is 28.8 Å². The predicted molar refractivity (Wildman–Crippen MR) is 215 cm³/mol. The van der Waals surface area contributed by atoms with Crippen LogP contribution in [0.15, 0.2) is 60.7 Å². The fourth-order valence-electron chi connectivity index (χ4n) is 9.93. The number of nitriles is 1. The van der Waals surface area contributed by atoms with Gasteiger partial charge < -0.3 is 19.4 Å². The van der Waals surface area contributed by atoms with Crippen LogP contribution < -0.4 is 15.0 Å². The summed E-state index contributed by atoms with van der Waals surface area (Å²) in [4.78, 5) is 87.4. The minimum atomic E-state index is -0.993. The topological polar surface area (TPSA) is 164 Å². The van der Waals surface area contributed by atoms with Crippen LogP contribution in [0.1, 0.15) is 98.4 Å². The van der Waals surface area contributed by atoms with E-state index in [4.69, 9.17) is 21.6 Å². The first-order chi connectivity index (χ1) is 28.6. The first-order valence-electron chi connectivity index (χ1n) is 20.5. The molecule has 3 aromatic carbocycles. The Bertz CT molecular complexity index is 2260. The SMILES string of the molecule is N#Cc1ccc(OC2CC3CCC(C2)N3C(=O)c2ccc(C(=O)N3CCN(C4CCN(c5ccc6c(c5)C(=O)N(C5CCC(=O)NC5=O)C6=O)CC4)CC3)cc2)cc1Cl. The molecule has 3 atom stereocenters. The first-order valence-corrected chi connectivity index (χ1v) is 20.9. The zero-order valence-corrected chi connectivity index (χ0v) is 33.2. The largest absolute Gasteiger partial charge is 0.490 e. The second kappa shape index (κ2) is 15.8. The van der Waals surface area contributed by atoms with Gasteiger partial charge in [0.15, 0.2) is 0 Å². The van der Waals surface area contributed by atoms with Crippen molar-refractivity contribution in [2.45, 2.75) is 81.6 Å². The number of hydrogen-bond acceptors (Lipinski definition) is 10. The molecule has 2 bridgehead atoms. The number of hydrogen-bond donors (Lipinski definition) is 1. The molecule has 59 heavy (non-hydrogen) atoms. The molecule has 3 aromatic rings. The van der Waals surface area contributed by atoms with Gasteiger partial charge in [-0.2, -0.15) is 5.26 Å². The van der Waals surface area contributed by atoms with Gasteiger partial charge in [-0.1, -0.05) is 11.6 Å². The van der Waals surface area contributed by atoms with Gasteiger partial charge in [-0.15, -0.1) is 0 Å². The summed E-state index contributed by atoms with van der Waals surface area (Å²) >= 11 is 6.21. The number of amides is 6. The molecule has 5 fully saturated rings. The van der Waals surface area contributed by atoms with E-state index in [0.29, 0.717) is 46.6 Å². The van der Waals surface area contributed by atoms with E-state index < -0.39 is 29.7 Å². The molecule has 0 aromatic heterocycles. The summed E-state index contributed by atoms with van der Waals surface area (Å²) in [5.41, 5.74) is 2.94. The fraction of sp³-hybridized carbons (Fsp3) is 0.432. The fourth-order valence-corrected chi connectivity index (χ4v) is 10.1. The van der Waals surface area contributed by atoms with Gasteiger partial charge in [-0.05, 0) is 86.7 Å². The van der Waals surface area contributed by atoms with E-state index in [-0.39, 0.29) is 54.0 Å². The van der Waals surface area contributed by atoms with Crippen LogP contribution in [0.3, 0.4) is 0 Å². The molecule has 9 rings (SSSR count). The van der Waals surface area contributed by atoms with Crippen molar-refractivity contribution in [3.8, 4) is 11.8 Å². The third-order valence-corrected chi connectivity index (χ3v) is 13.4. The zero-order chi connectivity index (χ0) is 40.9. The molecule has 1 N–H and O–H groups in total. The van der Waals surface area contributed by atoms with Gasteiger partial charge in [0.25, 0.3) is 23.6 Å². The highest BCUT2D eigenvalue weighted by molar-refractivity contribution is 6.31. The van der Waals surface area contributed by atoms with Crippen molar-refractivity contribution in [1.82, 2.24) is 24.9 Å². The number of anilines is 1. The lowest BCUT2D eigenvalue weighted by molar-refractivity contribution is -0.136. The smallest absolute Gasteiger partial charge is 0.262 e. The molecule has 0 radical (unpaired) electrons. The van der Waals surface area contributed by atoms with Crippen LogP contribution in [0.2, 0.25) is 5.02 Å². The van der Waals surface area contributed by atoms with Crippen LogP contribution >= 0.6 is 11.6 Å². The summed E-state index contributed by atoms with van der Waals surface area (Å²) in [5.74, 6) is -1.48. The maximum atomic E-state index is 13.8. The lowest BCUT2D eigenvalue weighted by Gasteiger charge is -2.43. The van der Waals surface area contributed by atoms with Gasteiger partial charge in [-0.3, -0.25) is 43.9 Å². The minimum absolute atomic E-state index is 0.0211. The van der Waals surface area contributed by atoms with Crippen molar-refractivity contribution in [1.29, 1.82) is 5.26 Å². The molecular weight excluding hydrogens is 774 g/mol. The minimum Gasteiger partial charge on any atom is -0.490 e. The number of nitrogens with zero attached hydrogens (tertiary/aromatic N) is 6. The van der Waals surface area contributed by atoms with Crippen molar-refractivity contribution in [3.63, 3.8) is 0 Å². The number of benzene rings is 3. The summed E-state index contributed by atoms with van der Waals surface area (Å²) < 4.78 is 6.24. The van der Waals surface area contributed by atoms with E-state index in [1.165, 1.54) is 0 Å². The number of ether oxygens (including phenoxy) is 1. The average molecular weight is 818 g/mol. The Morgan fingerprint density at radius 1 is 0.729 bits per heavy atom. The number of carbonyl (C=O) groups is 6. The van der Waals surface area contributed by atoms with E-state index in [1.54, 1.807) is 54.6 Å². The molecule has 15 heteroatoms. The second-order valence-corrected chi connectivity index (χ2v) is 16.8. The highest BCUT2D eigenvalue weighted by atomic mass is 35.5. The van der Waals surface area contributed by atoms with Crippen LogP contribution in [0, 0.1) is 11.3 Å². The molecule has 0 aliphatic carbocycles. The van der Waals surface area contributed by atoms with E-state index in [0.717, 1.165) is 75.3 Å². The number of nitrogens with one attached hydrogen (secondary N) is 1. The maximum absolute atomic E-state index is 13.8. The van der Waals surface area contributed by atoms with Crippen molar-refractivity contribution in [2.75, 3.05) is 44.2 Å². The van der Waals surface area contributed by atoms with Crippen LogP contribution in [0.25, 0.3) is 0 Å². The molecule has 6 amide bonds. The van der Waals surface area contributed by atoms with E-state index in [1.807, 2.05) is 15.9 Å². The molecule has 6 heterocycles. The van der Waals surface area contributed by atoms with Crippen molar-refractivity contribution in [2.24, 2.45) is 0 Å². The Labute approximate surface area is 346 Å². The molecule has 3 unspecified atom stereocenters. The molecule has 6 aliphatic rings. The van der Waals surface area contributed by atoms with Crippen molar-refractivity contribution in [3.05, 3.63) is 93.5 Å². The summed E-state index contributed by atoms with van der Waals surface area (Å²) in [5, 5.41) is 11.8. The monoisotopic (exact) mass is 817 g/mol. The third kappa shape index (κ3) is 7.31. The summed E-state index contributed by atoms with van der Waals surface area (Å²) in [6.45, 7) is 4.29. The normalized spacial score (nSPS) is 24.9. The number of imide groups is 2. The van der Waals surface area contributed by atoms with Gasteiger partial charge >= 0.3 is 0 Å². The van der Waals surface area contributed by atoms with Gasteiger partial charge in [0, 0.05) is 99.5 Å². The highest BCUT2D eigenvalue weighted by Gasteiger charge is 2.46. The first kappa shape index (κ1) is 38.7. The maximum Gasteiger partial charge on any atom is 0.262 e. The standard InChI is InChI=1S/C44H44ClN7O7/c45-37-24-33(9-5-28(37)25-46)59-34-21-31-6-7-32(22-34)51(31)42(56)27-3-1-26(2-4-27)41(55)50-19-17-49(18-20-50)29-13-15-48(16-14-29)30-8-10-35-36(23-30)44(58)52(43(35)57)38-11-12-39(53)47-40(38)54/h1-5,8-10,23-24,29,31-32,34,38H,6-7,11-22H2,(H,47,53,54). The quantitative estimate of drug-likeness (QED) is 0.341. The van der Waals surface area contributed by atoms with Crippen molar-refractivity contribution < 1.29 is 33.5 Å². The Hall–Kier alpha value is -5.78. The Morgan fingerprint density at radius 2 is 1.39 bits per heavy atom. The van der Waals surface area contributed by atoms with Gasteiger partial charge in [-0.25, -0.2) is 0 Å². The van der Waals surface area contributed by atoms with Crippen molar-refractivity contribution >= 4 is 52.7 Å². The van der Waals surface area contributed by atoms with Crippen LogP contribution in [0.4, 0.5) is 5.69 Å². The number of halogens is 1. The van der Waals surface area contributed by atoms with Crippen LogP contribution in [0.5, 0.6) is 5.75 Å². The molecule has 6 aliphatic heterocycles. The number of piperazine rings is 1. The second-order valence-electron chi connectivity index (χ2n) is 16.4. The van der Waals surface area contributed by atoms with Gasteiger partial charge in [0.1, 0.15) is 24.0 Å². The van der Waals surface area contributed by atoms with E-state index in [2.05, 4.69) is 21.2 Å². The predicted octanol–water partition coefficient (Wildman–Crippen LogP) is 4.25. The van der Waals surface area contributed by atoms with E-state index >= 15 is 0 Å². The summed E-state index contributed by atoms with van der Waals surface area (Å²) in [7, 11) is 0.